The molecule has 1 amide bonds. The van der Waals surface area contributed by atoms with Crippen LogP contribution in [0.15, 0.2) is 12.1 Å². The first kappa shape index (κ1) is 18.6. The Hall–Kier alpha value is -1.46. The van der Waals surface area contributed by atoms with Crippen molar-refractivity contribution in [2.45, 2.75) is 38.6 Å². The minimum absolute atomic E-state index is 0. The number of benzene rings is 1. The zero-order valence-corrected chi connectivity index (χ0v) is 14.2. The number of halogens is 1. The van der Waals surface area contributed by atoms with Gasteiger partial charge in [0.1, 0.15) is 0 Å². The third-order valence-electron chi connectivity index (χ3n) is 4.17. The summed E-state index contributed by atoms with van der Waals surface area (Å²) in [6.07, 6.45) is 3.66. The zero-order valence-electron chi connectivity index (χ0n) is 13.3. The number of rotatable bonds is 5. The number of methoxy groups -OCH3 is 2. The van der Waals surface area contributed by atoms with E-state index < -0.39 is 0 Å². The molecule has 22 heavy (non-hydrogen) atoms. The minimum atomic E-state index is 0. The van der Waals surface area contributed by atoms with E-state index >= 15 is 0 Å². The highest BCUT2D eigenvalue weighted by Gasteiger charge is 2.26. The maximum atomic E-state index is 12.2. The molecule has 0 aliphatic heterocycles. The van der Waals surface area contributed by atoms with E-state index in [9.17, 15) is 4.79 Å². The summed E-state index contributed by atoms with van der Waals surface area (Å²) < 4.78 is 10.5. The molecule has 2 rings (SSSR count). The van der Waals surface area contributed by atoms with E-state index in [-0.39, 0.29) is 24.4 Å². The smallest absolute Gasteiger partial charge is 0.224 e. The van der Waals surface area contributed by atoms with Gasteiger partial charge in [-0.3, -0.25) is 4.79 Å². The van der Waals surface area contributed by atoms with Gasteiger partial charge in [-0.2, -0.15) is 0 Å². The third-order valence-corrected chi connectivity index (χ3v) is 4.17. The van der Waals surface area contributed by atoms with Gasteiger partial charge in [0, 0.05) is 24.2 Å². The van der Waals surface area contributed by atoms with Crippen molar-refractivity contribution in [3.63, 3.8) is 0 Å². The van der Waals surface area contributed by atoms with Crippen molar-refractivity contribution in [3.05, 3.63) is 17.7 Å². The average molecular weight is 329 g/mol. The Morgan fingerprint density at radius 2 is 1.91 bits per heavy atom. The Balaban J connectivity index is 0.00000242. The van der Waals surface area contributed by atoms with E-state index in [4.69, 9.17) is 15.2 Å². The molecule has 1 aliphatic carbocycles. The monoisotopic (exact) mass is 328 g/mol. The lowest BCUT2D eigenvalue weighted by Crippen LogP contribution is -2.28. The van der Waals surface area contributed by atoms with Gasteiger partial charge < -0.3 is 20.5 Å². The lowest BCUT2D eigenvalue weighted by atomic mass is 10.00. The molecule has 0 unspecified atom stereocenters. The summed E-state index contributed by atoms with van der Waals surface area (Å²) in [7, 11) is 3.17. The van der Waals surface area contributed by atoms with Crippen molar-refractivity contribution in [2.75, 3.05) is 19.5 Å². The van der Waals surface area contributed by atoms with E-state index in [1.165, 1.54) is 0 Å². The van der Waals surface area contributed by atoms with E-state index in [1.54, 1.807) is 20.3 Å². The number of nitrogens with two attached hydrogens (primary N) is 1. The third kappa shape index (κ3) is 4.27. The van der Waals surface area contributed by atoms with Crippen molar-refractivity contribution in [2.24, 2.45) is 11.7 Å². The van der Waals surface area contributed by atoms with Crippen molar-refractivity contribution in [1.29, 1.82) is 0 Å². The van der Waals surface area contributed by atoms with Crippen molar-refractivity contribution in [1.82, 2.24) is 0 Å². The van der Waals surface area contributed by atoms with Crippen LogP contribution in [0.5, 0.6) is 11.5 Å². The highest BCUT2D eigenvalue weighted by molar-refractivity contribution is 5.92. The summed E-state index contributed by atoms with van der Waals surface area (Å²) >= 11 is 0. The van der Waals surface area contributed by atoms with Crippen LogP contribution in [0.25, 0.3) is 0 Å². The van der Waals surface area contributed by atoms with Crippen LogP contribution in [0.1, 0.15) is 31.2 Å². The summed E-state index contributed by atoms with van der Waals surface area (Å²) in [5.74, 6) is 1.57. The first-order valence-corrected chi connectivity index (χ1v) is 7.33. The number of ether oxygens (including phenoxy) is 2. The molecule has 0 bridgehead atoms. The fraction of sp³-hybridized carbons (Fsp3) is 0.562. The Bertz CT molecular complexity index is 522. The van der Waals surface area contributed by atoms with Crippen molar-refractivity contribution < 1.29 is 14.3 Å². The normalized spacial score (nSPS) is 20.2. The molecular formula is C16H25ClN2O3. The van der Waals surface area contributed by atoms with Gasteiger partial charge in [0.2, 0.25) is 5.91 Å². The molecule has 6 heteroatoms. The molecule has 1 aromatic rings. The Kier molecular flexibility index (Phi) is 6.97. The molecule has 2 atom stereocenters. The number of amides is 1. The molecule has 1 aromatic carbocycles. The molecule has 0 spiro atoms. The molecule has 1 aliphatic rings. The number of hydrogen-bond acceptors (Lipinski definition) is 4. The summed E-state index contributed by atoms with van der Waals surface area (Å²) in [6.45, 7) is 1.93. The minimum Gasteiger partial charge on any atom is -0.493 e. The predicted octanol–water partition coefficient (Wildman–Crippen LogP) is 2.89. The molecule has 1 saturated carbocycles. The fourth-order valence-corrected chi connectivity index (χ4v) is 2.87. The Morgan fingerprint density at radius 3 is 2.45 bits per heavy atom. The van der Waals surface area contributed by atoms with Crippen LogP contribution in [-0.2, 0) is 4.79 Å². The maximum absolute atomic E-state index is 12.2. The molecule has 0 saturated heterocycles. The molecule has 5 nitrogen and oxygen atoms in total. The van der Waals surface area contributed by atoms with Crippen LogP contribution < -0.4 is 20.5 Å². The largest absolute Gasteiger partial charge is 0.493 e. The second-order valence-electron chi connectivity index (χ2n) is 5.63. The van der Waals surface area contributed by atoms with Gasteiger partial charge in [-0.15, -0.1) is 12.4 Å². The first-order valence-electron chi connectivity index (χ1n) is 7.33. The van der Waals surface area contributed by atoms with Crippen LogP contribution in [0, 0.1) is 12.8 Å². The Labute approximate surface area is 138 Å². The van der Waals surface area contributed by atoms with Gasteiger partial charge in [-0.05, 0) is 37.3 Å². The topological polar surface area (TPSA) is 73.6 Å². The summed E-state index contributed by atoms with van der Waals surface area (Å²) in [6, 6.07) is 3.80. The van der Waals surface area contributed by atoms with Gasteiger partial charge in [0.25, 0.3) is 0 Å². The van der Waals surface area contributed by atoms with E-state index in [0.717, 1.165) is 30.5 Å². The molecular weight excluding hydrogens is 304 g/mol. The molecule has 124 valence electrons. The number of aryl methyl sites for hydroxylation is 1. The maximum Gasteiger partial charge on any atom is 0.224 e. The van der Waals surface area contributed by atoms with Crippen LogP contribution in [-0.4, -0.2) is 26.2 Å². The van der Waals surface area contributed by atoms with Crippen LogP contribution in [0.2, 0.25) is 0 Å². The van der Waals surface area contributed by atoms with Crippen LogP contribution in [0.4, 0.5) is 5.69 Å². The lowest BCUT2D eigenvalue weighted by Gasteiger charge is -2.17. The quantitative estimate of drug-likeness (QED) is 0.871. The number of hydrogen-bond donors (Lipinski definition) is 2. The van der Waals surface area contributed by atoms with E-state index in [0.29, 0.717) is 23.8 Å². The lowest BCUT2D eigenvalue weighted by molar-refractivity contribution is -0.117. The summed E-state index contributed by atoms with van der Waals surface area (Å²) in [5.41, 5.74) is 7.71. The molecule has 3 N–H and O–H groups in total. The number of anilines is 1. The van der Waals surface area contributed by atoms with Crippen LogP contribution in [0.3, 0.4) is 0 Å². The van der Waals surface area contributed by atoms with Crippen molar-refractivity contribution in [3.8, 4) is 11.5 Å². The summed E-state index contributed by atoms with van der Waals surface area (Å²) in [5, 5.41) is 2.95. The standard InChI is InChI=1S/C16H24N2O3.ClH/c1-10-7-14(20-2)15(21-3)9-13(10)18-16(19)8-11-5-4-6-12(11)17;/h7,9,11-12H,4-6,8,17H2,1-3H3,(H,18,19);1H/t11-,12+;/m0./s1. The SMILES string of the molecule is COc1cc(C)c(NC(=O)C[C@@H]2CCC[C@H]2N)cc1OC.Cl. The zero-order chi connectivity index (χ0) is 15.4. The van der Waals surface area contributed by atoms with Crippen molar-refractivity contribution >= 4 is 24.0 Å². The molecule has 1 fully saturated rings. The highest BCUT2D eigenvalue weighted by Crippen LogP contribution is 2.33. The average Bonchev–Trinajstić information content (AvgIpc) is 2.85. The first-order chi connectivity index (χ1) is 10.0. The van der Waals surface area contributed by atoms with E-state index in [2.05, 4.69) is 5.32 Å². The number of nitrogens with one attached hydrogen (secondary N) is 1. The second-order valence-corrected chi connectivity index (χ2v) is 5.63. The Morgan fingerprint density at radius 1 is 1.27 bits per heavy atom. The van der Waals surface area contributed by atoms with Gasteiger partial charge in [0.15, 0.2) is 11.5 Å². The highest BCUT2D eigenvalue weighted by atomic mass is 35.5. The second kappa shape index (κ2) is 8.25. The molecule has 0 heterocycles. The fourth-order valence-electron chi connectivity index (χ4n) is 2.87. The van der Waals surface area contributed by atoms with Crippen LogP contribution >= 0.6 is 12.4 Å². The van der Waals surface area contributed by atoms with E-state index in [1.807, 2.05) is 13.0 Å². The molecule has 0 aromatic heterocycles. The number of carbonyl (C=O) groups excluding carboxylic acids is 1. The van der Waals surface area contributed by atoms with Gasteiger partial charge in [-0.25, -0.2) is 0 Å². The van der Waals surface area contributed by atoms with Gasteiger partial charge >= 0.3 is 0 Å². The van der Waals surface area contributed by atoms with Gasteiger partial charge in [0.05, 0.1) is 14.2 Å². The number of carbonyl (C=O) groups is 1. The molecule has 0 radical (unpaired) electrons. The predicted molar refractivity (Wildman–Crippen MR) is 90.1 cm³/mol. The van der Waals surface area contributed by atoms with Gasteiger partial charge in [-0.1, -0.05) is 6.42 Å². The summed E-state index contributed by atoms with van der Waals surface area (Å²) in [4.78, 5) is 12.2.